The molecule has 1 aliphatic carbocycles. The van der Waals surface area contributed by atoms with Crippen molar-refractivity contribution < 1.29 is 9.50 Å². The molecule has 1 fully saturated rings. The summed E-state index contributed by atoms with van der Waals surface area (Å²) in [6.07, 6.45) is 5.90. The number of benzene rings is 1. The lowest BCUT2D eigenvalue weighted by molar-refractivity contribution is 0.154. The van der Waals surface area contributed by atoms with Gasteiger partial charge in [0, 0.05) is 18.9 Å². The van der Waals surface area contributed by atoms with E-state index in [9.17, 15) is 9.50 Å². The van der Waals surface area contributed by atoms with Gasteiger partial charge in [0.1, 0.15) is 5.82 Å². The molecule has 1 atom stereocenters. The Labute approximate surface area is 112 Å². The predicted octanol–water partition coefficient (Wildman–Crippen LogP) is 3.43. The number of halogens is 1. The molecular formula is C16H18FNO. The van der Waals surface area contributed by atoms with E-state index < -0.39 is 0 Å². The maximum Gasteiger partial charge on any atom is 0.123 e. The van der Waals surface area contributed by atoms with Gasteiger partial charge in [-0.15, -0.1) is 0 Å². The van der Waals surface area contributed by atoms with Crippen LogP contribution in [-0.4, -0.2) is 9.67 Å². The maximum absolute atomic E-state index is 13.1. The fraction of sp³-hybridized carbons (Fsp3) is 0.375. The minimum absolute atomic E-state index is 0.196. The lowest BCUT2D eigenvalue weighted by atomic mass is 10.1. The molecule has 0 saturated heterocycles. The van der Waals surface area contributed by atoms with Crippen molar-refractivity contribution in [3.05, 3.63) is 59.2 Å². The Morgan fingerprint density at radius 3 is 2.84 bits per heavy atom. The van der Waals surface area contributed by atoms with Crippen LogP contribution in [0.15, 0.2) is 36.7 Å². The standard InChI is InChI=1S/C16H18FNO/c1-11-8-15(17)5-4-13(11)9-18-7-6-14(10-18)16(19)12-2-3-12/h4-8,10,12,16,19H,2-3,9H2,1H3. The van der Waals surface area contributed by atoms with E-state index in [1.807, 2.05) is 36.0 Å². The quantitative estimate of drug-likeness (QED) is 0.894. The number of aromatic nitrogens is 1. The molecule has 1 N–H and O–H groups in total. The summed E-state index contributed by atoms with van der Waals surface area (Å²) in [5.74, 6) is 0.252. The number of aliphatic hydroxyl groups is 1. The van der Waals surface area contributed by atoms with E-state index in [0.717, 1.165) is 29.5 Å². The van der Waals surface area contributed by atoms with Crippen LogP contribution in [0.1, 0.15) is 35.6 Å². The number of rotatable bonds is 4. The van der Waals surface area contributed by atoms with Crippen molar-refractivity contribution in [1.82, 2.24) is 4.57 Å². The second-order valence-corrected chi connectivity index (χ2v) is 5.47. The van der Waals surface area contributed by atoms with Gasteiger partial charge in [0.15, 0.2) is 0 Å². The van der Waals surface area contributed by atoms with Crippen molar-refractivity contribution in [2.45, 2.75) is 32.4 Å². The number of nitrogens with zero attached hydrogens (tertiary/aromatic N) is 1. The summed E-state index contributed by atoms with van der Waals surface area (Å²) in [5.41, 5.74) is 3.05. The first-order chi connectivity index (χ1) is 9.13. The van der Waals surface area contributed by atoms with E-state index in [2.05, 4.69) is 0 Å². The molecule has 1 aromatic heterocycles. The average Bonchev–Trinajstić information content (AvgIpc) is 3.12. The van der Waals surface area contributed by atoms with Gasteiger partial charge in [-0.05, 0) is 60.6 Å². The van der Waals surface area contributed by atoms with Crippen molar-refractivity contribution in [3.8, 4) is 0 Å². The second-order valence-electron chi connectivity index (χ2n) is 5.47. The monoisotopic (exact) mass is 259 g/mol. The summed E-state index contributed by atoms with van der Waals surface area (Å²) in [5, 5.41) is 10.1. The fourth-order valence-corrected chi connectivity index (χ4v) is 2.45. The van der Waals surface area contributed by atoms with Gasteiger partial charge in [0.25, 0.3) is 0 Å². The number of hydrogen-bond donors (Lipinski definition) is 1. The largest absolute Gasteiger partial charge is 0.388 e. The van der Waals surface area contributed by atoms with E-state index in [-0.39, 0.29) is 11.9 Å². The van der Waals surface area contributed by atoms with Gasteiger partial charge in [-0.3, -0.25) is 0 Å². The molecule has 0 amide bonds. The molecule has 3 rings (SSSR count). The third-order valence-corrected chi connectivity index (χ3v) is 3.84. The number of aliphatic hydroxyl groups excluding tert-OH is 1. The Kier molecular flexibility index (Phi) is 3.15. The molecule has 1 heterocycles. The molecule has 1 aromatic carbocycles. The van der Waals surface area contributed by atoms with Crippen LogP contribution in [0.5, 0.6) is 0 Å². The molecule has 2 nitrogen and oxygen atoms in total. The molecule has 2 aromatic rings. The molecule has 19 heavy (non-hydrogen) atoms. The van der Waals surface area contributed by atoms with E-state index >= 15 is 0 Å². The molecule has 0 radical (unpaired) electrons. The summed E-state index contributed by atoms with van der Waals surface area (Å²) in [6.45, 7) is 2.63. The van der Waals surface area contributed by atoms with Crippen LogP contribution < -0.4 is 0 Å². The molecule has 1 unspecified atom stereocenters. The zero-order valence-corrected chi connectivity index (χ0v) is 11.0. The van der Waals surface area contributed by atoms with Crippen LogP contribution in [0.4, 0.5) is 4.39 Å². The Balaban J connectivity index is 1.76. The highest BCUT2D eigenvalue weighted by molar-refractivity contribution is 5.27. The Bertz CT molecular complexity index is 586. The van der Waals surface area contributed by atoms with Gasteiger partial charge >= 0.3 is 0 Å². The normalized spacial score (nSPS) is 16.6. The SMILES string of the molecule is Cc1cc(F)ccc1Cn1ccc(C(O)C2CC2)c1. The van der Waals surface area contributed by atoms with Crippen LogP contribution in [0.2, 0.25) is 0 Å². The highest BCUT2D eigenvalue weighted by atomic mass is 19.1. The molecule has 0 bridgehead atoms. The summed E-state index contributed by atoms with van der Waals surface area (Å²) < 4.78 is 15.1. The minimum atomic E-state index is -0.324. The highest BCUT2D eigenvalue weighted by Crippen LogP contribution is 2.40. The summed E-state index contributed by atoms with van der Waals surface area (Å²) in [4.78, 5) is 0. The highest BCUT2D eigenvalue weighted by Gasteiger charge is 2.31. The van der Waals surface area contributed by atoms with E-state index in [1.165, 1.54) is 6.07 Å². The fourth-order valence-electron chi connectivity index (χ4n) is 2.45. The third-order valence-electron chi connectivity index (χ3n) is 3.84. The van der Waals surface area contributed by atoms with Gasteiger partial charge in [0.2, 0.25) is 0 Å². The van der Waals surface area contributed by atoms with Gasteiger partial charge in [-0.1, -0.05) is 6.07 Å². The first-order valence-electron chi connectivity index (χ1n) is 6.72. The summed E-state index contributed by atoms with van der Waals surface area (Å²) >= 11 is 0. The first-order valence-corrected chi connectivity index (χ1v) is 6.72. The second kappa shape index (κ2) is 4.82. The van der Waals surface area contributed by atoms with Gasteiger partial charge in [0.05, 0.1) is 6.10 Å². The lowest BCUT2D eigenvalue weighted by Gasteiger charge is -2.08. The van der Waals surface area contributed by atoms with Crippen LogP contribution in [0.3, 0.4) is 0 Å². The van der Waals surface area contributed by atoms with Gasteiger partial charge in [-0.2, -0.15) is 0 Å². The van der Waals surface area contributed by atoms with Crippen LogP contribution in [-0.2, 0) is 6.54 Å². The van der Waals surface area contributed by atoms with Crippen molar-refractivity contribution in [2.24, 2.45) is 5.92 Å². The number of hydrogen-bond acceptors (Lipinski definition) is 1. The zero-order chi connectivity index (χ0) is 13.4. The zero-order valence-electron chi connectivity index (χ0n) is 11.0. The lowest BCUT2D eigenvalue weighted by Crippen LogP contribution is -2.01. The van der Waals surface area contributed by atoms with Crippen molar-refractivity contribution >= 4 is 0 Å². The van der Waals surface area contributed by atoms with Gasteiger partial charge in [-0.25, -0.2) is 4.39 Å². The van der Waals surface area contributed by atoms with Crippen molar-refractivity contribution in [3.63, 3.8) is 0 Å². The van der Waals surface area contributed by atoms with Crippen LogP contribution >= 0.6 is 0 Å². The molecule has 0 spiro atoms. The topological polar surface area (TPSA) is 25.2 Å². The molecule has 100 valence electrons. The molecule has 3 heteroatoms. The third kappa shape index (κ3) is 2.71. The smallest absolute Gasteiger partial charge is 0.123 e. The molecular weight excluding hydrogens is 241 g/mol. The minimum Gasteiger partial charge on any atom is -0.388 e. The first kappa shape index (κ1) is 12.4. The van der Waals surface area contributed by atoms with E-state index in [1.54, 1.807) is 6.07 Å². The van der Waals surface area contributed by atoms with Gasteiger partial charge < -0.3 is 9.67 Å². The molecule has 1 saturated carbocycles. The maximum atomic E-state index is 13.1. The Hall–Kier alpha value is -1.61. The summed E-state index contributed by atoms with van der Waals surface area (Å²) in [7, 11) is 0. The molecule has 0 aliphatic heterocycles. The number of aryl methyl sites for hydroxylation is 1. The Morgan fingerprint density at radius 2 is 2.16 bits per heavy atom. The van der Waals surface area contributed by atoms with E-state index in [4.69, 9.17) is 0 Å². The van der Waals surface area contributed by atoms with E-state index in [0.29, 0.717) is 12.5 Å². The molecule has 1 aliphatic rings. The van der Waals surface area contributed by atoms with Crippen LogP contribution in [0.25, 0.3) is 0 Å². The van der Waals surface area contributed by atoms with Crippen molar-refractivity contribution in [2.75, 3.05) is 0 Å². The average molecular weight is 259 g/mol. The van der Waals surface area contributed by atoms with Crippen LogP contribution in [0, 0.1) is 18.7 Å². The predicted molar refractivity (Wildman–Crippen MR) is 72.4 cm³/mol. The van der Waals surface area contributed by atoms with Crippen molar-refractivity contribution in [1.29, 1.82) is 0 Å². The summed E-state index contributed by atoms with van der Waals surface area (Å²) in [6, 6.07) is 6.84. The Morgan fingerprint density at radius 1 is 1.37 bits per heavy atom.